The minimum atomic E-state index is -0.198. The molecule has 0 aliphatic carbocycles. The fourth-order valence-electron chi connectivity index (χ4n) is 3.67. The van der Waals surface area contributed by atoms with Gasteiger partial charge in [0.25, 0.3) is 0 Å². The lowest BCUT2D eigenvalue weighted by atomic mass is 10.1. The van der Waals surface area contributed by atoms with Crippen LogP contribution in [0, 0.1) is 6.92 Å². The molecule has 2 heterocycles. The Morgan fingerprint density at radius 1 is 1.18 bits per heavy atom. The normalized spacial score (nSPS) is 14.2. The molecule has 1 N–H and O–H groups in total. The van der Waals surface area contributed by atoms with Crippen molar-refractivity contribution in [1.82, 2.24) is 14.9 Å². The lowest BCUT2D eigenvalue weighted by Crippen LogP contribution is -2.29. The van der Waals surface area contributed by atoms with Crippen molar-refractivity contribution in [2.45, 2.75) is 19.3 Å². The van der Waals surface area contributed by atoms with E-state index in [1.54, 1.807) is 7.11 Å². The highest BCUT2D eigenvalue weighted by Gasteiger charge is 2.19. The average molecular weight is 472 g/mol. The Morgan fingerprint density at radius 2 is 2.00 bits per heavy atom. The van der Waals surface area contributed by atoms with Crippen LogP contribution >= 0.6 is 11.6 Å². The summed E-state index contributed by atoms with van der Waals surface area (Å²) >= 11 is 6.33. The fourth-order valence-corrected chi connectivity index (χ4v) is 3.84. The Hall–Kier alpha value is -2.65. The molecule has 0 amide bonds. The highest BCUT2D eigenvalue weighted by atomic mass is 35.5. The Balaban J connectivity index is 1.62. The summed E-state index contributed by atoms with van der Waals surface area (Å²) in [5, 5.41) is 4.88. The topological polar surface area (TPSA) is 78.0 Å². The maximum atomic E-state index is 6.33. The Kier molecular flexibility index (Phi) is 7.82. The zero-order valence-electron chi connectivity index (χ0n) is 18.8. The summed E-state index contributed by atoms with van der Waals surface area (Å²) in [6, 6.07) is 9.51. The highest BCUT2D eigenvalue weighted by molar-refractivity contribution is 6.30. The van der Waals surface area contributed by atoms with Crippen LogP contribution in [-0.2, 0) is 16.0 Å². The van der Waals surface area contributed by atoms with Gasteiger partial charge in [0, 0.05) is 35.3 Å². The Bertz CT molecular complexity index is 1090. The second-order valence-corrected chi connectivity index (χ2v) is 8.18. The Labute approximate surface area is 198 Å². The average Bonchev–Trinajstić information content (AvgIpc) is 3.32. The lowest BCUT2D eigenvalue weighted by molar-refractivity contribution is -0.0592. The molecular weight excluding hydrogens is 444 g/mol. The number of halogens is 1. The molecule has 8 nitrogen and oxygen atoms in total. The molecule has 175 valence electrons. The van der Waals surface area contributed by atoms with E-state index in [9.17, 15) is 0 Å². The summed E-state index contributed by atoms with van der Waals surface area (Å²) in [5.41, 5.74) is 2.66. The molecule has 1 radical (unpaired) electrons. The number of rotatable bonds is 10. The van der Waals surface area contributed by atoms with Crippen molar-refractivity contribution in [3.8, 4) is 11.5 Å². The quantitative estimate of drug-likeness (QED) is 0.465. The van der Waals surface area contributed by atoms with Gasteiger partial charge in [0.2, 0.25) is 0 Å². The van der Waals surface area contributed by atoms with Crippen LogP contribution in [0.5, 0.6) is 11.5 Å². The van der Waals surface area contributed by atoms with Crippen LogP contribution in [0.3, 0.4) is 0 Å². The third-order valence-corrected chi connectivity index (χ3v) is 5.47. The number of likely N-dealkylation sites (N-methyl/N-ethyl adjacent to an activating group) is 1. The fraction of sp³-hybridized carbons (Fsp3) is 0.375. The molecule has 1 aliphatic heterocycles. The summed E-state index contributed by atoms with van der Waals surface area (Å²) in [5.74, 6) is 1.88. The van der Waals surface area contributed by atoms with Gasteiger partial charge in [-0.2, -0.15) is 0 Å². The molecule has 4 rings (SSSR count). The molecule has 0 saturated carbocycles. The largest absolute Gasteiger partial charge is 0.493 e. The van der Waals surface area contributed by atoms with Crippen molar-refractivity contribution in [3.05, 3.63) is 54.2 Å². The van der Waals surface area contributed by atoms with Gasteiger partial charge < -0.3 is 24.3 Å². The summed E-state index contributed by atoms with van der Waals surface area (Å²) in [7, 11) is 3.64. The lowest BCUT2D eigenvalue weighted by Gasteiger charge is -2.22. The number of fused-ring (bicyclic) bond motifs is 1. The number of aromatic nitrogens is 2. The molecular formula is C24H28ClN4O4. The van der Waals surface area contributed by atoms with Crippen LogP contribution in [-0.4, -0.2) is 61.7 Å². The van der Waals surface area contributed by atoms with Crippen LogP contribution in [0.1, 0.15) is 12.0 Å². The molecule has 1 saturated heterocycles. The van der Waals surface area contributed by atoms with Crippen LogP contribution in [0.25, 0.3) is 10.9 Å². The predicted octanol–water partition coefficient (Wildman–Crippen LogP) is 4.44. The standard InChI is InChI=1S/C24H28ClN4O4/c1-4-7-31-22-11-18-20(12-21(22)30-3)26-15-27-24(18)28-19-10-17(25)6-5-16(19)13-29(2)14-23-32-8-9-33-23/h5-6,10-12,15,23H,1,4,7-9,13-14H2,2-3H3,(H,26,27,28). The van der Waals surface area contributed by atoms with E-state index in [2.05, 4.69) is 27.1 Å². The van der Waals surface area contributed by atoms with Gasteiger partial charge in [-0.05, 0) is 44.2 Å². The van der Waals surface area contributed by atoms with Gasteiger partial charge in [-0.15, -0.1) is 0 Å². The number of ether oxygens (including phenoxy) is 4. The molecule has 3 aromatic rings. The van der Waals surface area contributed by atoms with E-state index in [-0.39, 0.29) is 6.29 Å². The van der Waals surface area contributed by atoms with E-state index in [4.69, 9.17) is 30.5 Å². The van der Waals surface area contributed by atoms with E-state index in [0.717, 1.165) is 22.2 Å². The first-order valence-electron chi connectivity index (χ1n) is 10.8. The zero-order chi connectivity index (χ0) is 23.2. The van der Waals surface area contributed by atoms with Gasteiger partial charge in [-0.1, -0.05) is 17.7 Å². The van der Waals surface area contributed by atoms with Gasteiger partial charge in [0.05, 0.1) is 32.4 Å². The van der Waals surface area contributed by atoms with Gasteiger partial charge in [0.1, 0.15) is 12.1 Å². The zero-order valence-corrected chi connectivity index (χ0v) is 19.6. The maximum Gasteiger partial charge on any atom is 0.170 e. The van der Waals surface area contributed by atoms with Gasteiger partial charge >= 0.3 is 0 Å². The summed E-state index contributed by atoms with van der Waals surface area (Å²) in [4.78, 5) is 11.0. The molecule has 1 aromatic heterocycles. The highest BCUT2D eigenvalue weighted by Crippen LogP contribution is 2.35. The monoisotopic (exact) mass is 471 g/mol. The third kappa shape index (κ3) is 5.83. The van der Waals surface area contributed by atoms with Crippen molar-refractivity contribution >= 4 is 34.0 Å². The molecule has 0 atom stereocenters. The van der Waals surface area contributed by atoms with Crippen LogP contribution < -0.4 is 14.8 Å². The smallest absolute Gasteiger partial charge is 0.170 e. The van der Waals surface area contributed by atoms with Crippen LogP contribution in [0.2, 0.25) is 5.02 Å². The molecule has 0 spiro atoms. The number of anilines is 2. The van der Waals surface area contributed by atoms with Crippen molar-refractivity contribution in [1.29, 1.82) is 0 Å². The van der Waals surface area contributed by atoms with E-state index >= 15 is 0 Å². The van der Waals surface area contributed by atoms with Crippen molar-refractivity contribution < 1.29 is 18.9 Å². The number of nitrogens with one attached hydrogen (secondary N) is 1. The predicted molar refractivity (Wildman–Crippen MR) is 128 cm³/mol. The SMILES string of the molecule is [CH2]CCOc1cc2c(Nc3cc(Cl)ccc3CN(C)CC3OCCO3)ncnc2cc1OC. The molecule has 9 heteroatoms. The second kappa shape index (κ2) is 11.0. The van der Waals surface area contributed by atoms with Crippen molar-refractivity contribution in [3.63, 3.8) is 0 Å². The van der Waals surface area contributed by atoms with Crippen molar-refractivity contribution in [2.75, 3.05) is 45.8 Å². The van der Waals surface area contributed by atoms with E-state index < -0.39 is 0 Å². The Morgan fingerprint density at radius 3 is 2.76 bits per heavy atom. The van der Waals surface area contributed by atoms with Gasteiger partial charge in [-0.25, -0.2) is 9.97 Å². The third-order valence-electron chi connectivity index (χ3n) is 5.24. The van der Waals surface area contributed by atoms with Crippen molar-refractivity contribution in [2.24, 2.45) is 0 Å². The van der Waals surface area contributed by atoms with Crippen LogP contribution in [0.15, 0.2) is 36.7 Å². The number of nitrogens with zero attached hydrogens (tertiary/aromatic N) is 3. The number of hydrogen-bond donors (Lipinski definition) is 1. The van der Waals surface area contributed by atoms with Crippen LogP contribution in [0.4, 0.5) is 11.5 Å². The second-order valence-electron chi connectivity index (χ2n) is 7.74. The molecule has 0 bridgehead atoms. The first-order chi connectivity index (χ1) is 16.1. The van der Waals surface area contributed by atoms with Gasteiger partial charge in [0.15, 0.2) is 17.8 Å². The molecule has 0 unspecified atom stereocenters. The molecule has 1 aliphatic rings. The summed E-state index contributed by atoms with van der Waals surface area (Å²) in [6.45, 7) is 6.94. The number of methoxy groups -OCH3 is 1. The summed E-state index contributed by atoms with van der Waals surface area (Å²) in [6.07, 6.45) is 1.97. The first kappa shape index (κ1) is 23.5. The van der Waals surface area contributed by atoms with E-state index in [0.29, 0.717) is 61.7 Å². The first-order valence-corrected chi connectivity index (χ1v) is 11.2. The van der Waals surface area contributed by atoms with Gasteiger partial charge in [-0.3, -0.25) is 4.90 Å². The number of hydrogen-bond acceptors (Lipinski definition) is 8. The molecule has 2 aromatic carbocycles. The maximum absolute atomic E-state index is 6.33. The summed E-state index contributed by atoms with van der Waals surface area (Å²) < 4.78 is 22.4. The molecule has 1 fully saturated rings. The van der Waals surface area contributed by atoms with E-state index in [1.807, 2.05) is 37.4 Å². The minimum absolute atomic E-state index is 0.198. The minimum Gasteiger partial charge on any atom is -0.493 e. The number of benzene rings is 2. The molecule has 33 heavy (non-hydrogen) atoms. The van der Waals surface area contributed by atoms with E-state index in [1.165, 1.54) is 6.33 Å².